The first kappa shape index (κ1) is 16.3. The van der Waals surface area contributed by atoms with Crippen molar-refractivity contribution >= 4 is 40.8 Å². The lowest BCUT2D eigenvalue weighted by Gasteiger charge is -2.20. The molecule has 1 aromatic carbocycles. The lowest BCUT2D eigenvalue weighted by molar-refractivity contribution is -0.757. The third-order valence-corrected chi connectivity index (χ3v) is 3.48. The van der Waals surface area contributed by atoms with Crippen LogP contribution in [-0.2, 0) is 9.63 Å². The predicted octanol–water partition coefficient (Wildman–Crippen LogP) is 2.20. The minimum atomic E-state index is -0.936. The molecule has 0 aromatic heterocycles. The molecule has 10 heteroatoms. The Morgan fingerprint density at radius 3 is 2.77 bits per heavy atom. The molecule has 0 saturated heterocycles. The van der Waals surface area contributed by atoms with E-state index in [1.807, 2.05) is 0 Å². The van der Waals surface area contributed by atoms with Gasteiger partial charge in [0.05, 0.1) is 28.7 Å². The average molecular weight is 347 g/mol. The molecule has 1 amide bonds. The number of nitrogens with one attached hydrogen (secondary N) is 1. The van der Waals surface area contributed by atoms with Gasteiger partial charge in [0.1, 0.15) is 6.61 Å². The van der Waals surface area contributed by atoms with Crippen LogP contribution in [0.4, 0.5) is 5.69 Å². The van der Waals surface area contributed by atoms with Crippen LogP contribution >= 0.6 is 23.2 Å². The second-order valence-electron chi connectivity index (χ2n) is 4.28. The summed E-state index contributed by atoms with van der Waals surface area (Å²) >= 11 is 12.1. The molecular formula is C12H12Cl2N4O4. The summed E-state index contributed by atoms with van der Waals surface area (Å²) in [4.78, 5) is 31.8. The van der Waals surface area contributed by atoms with Gasteiger partial charge in [0.15, 0.2) is 0 Å². The third kappa shape index (κ3) is 3.99. The molecule has 1 N–H and O–H groups in total. The molecule has 2 rings (SSSR count). The van der Waals surface area contributed by atoms with E-state index >= 15 is 0 Å². The van der Waals surface area contributed by atoms with Crippen LogP contribution in [0.3, 0.4) is 0 Å². The maximum atomic E-state index is 12.0. The highest BCUT2D eigenvalue weighted by Crippen LogP contribution is 2.30. The van der Waals surface area contributed by atoms with E-state index in [1.54, 1.807) is 18.2 Å². The van der Waals surface area contributed by atoms with E-state index in [-0.39, 0.29) is 18.9 Å². The summed E-state index contributed by atoms with van der Waals surface area (Å²) in [5.74, 6) is -0.0325. The average Bonchev–Trinajstić information content (AvgIpc) is 2.91. The van der Waals surface area contributed by atoms with Crippen molar-refractivity contribution < 1.29 is 14.7 Å². The van der Waals surface area contributed by atoms with E-state index in [0.717, 1.165) is 0 Å². The first-order valence-electron chi connectivity index (χ1n) is 6.32. The van der Waals surface area contributed by atoms with Gasteiger partial charge in [0, 0.05) is 6.54 Å². The van der Waals surface area contributed by atoms with Crippen LogP contribution in [-0.4, -0.2) is 41.5 Å². The molecular weight excluding hydrogens is 335 g/mol. The van der Waals surface area contributed by atoms with E-state index in [4.69, 9.17) is 23.2 Å². The summed E-state index contributed by atoms with van der Waals surface area (Å²) in [6.45, 7) is 0.496. The number of nitrogens with zero attached hydrogens (tertiary/aromatic N) is 3. The molecule has 0 aliphatic carbocycles. The van der Waals surface area contributed by atoms with Crippen molar-refractivity contribution in [1.29, 1.82) is 0 Å². The van der Waals surface area contributed by atoms with Gasteiger partial charge in [-0.3, -0.25) is 14.7 Å². The first-order chi connectivity index (χ1) is 10.5. The number of guanidine groups is 1. The summed E-state index contributed by atoms with van der Waals surface area (Å²) in [5, 5.41) is 12.9. The van der Waals surface area contributed by atoms with E-state index in [9.17, 15) is 14.9 Å². The molecule has 22 heavy (non-hydrogen) atoms. The van der Waals surface area contributed by atoms with Gasteiger partial charge in [-0.15, -0.1) is 10.1 Å². The van der Waals surface area contributed by atoms with Crippen LogP contribution in [0.25, 0.3) is 0 Å². The number of aliphatic imine (C=N–C) groups is 1. The maximum absolute atomic E-state index is 12.0. The van der Waals surface area contributed by atoms with Crippen LogP contribution in [0.2, 0.25) is 10.0 Å². The van der Waals surface area contributed by atoms with E-state index in [1.165, 1.54) is 4.90 Å². The standard InChI is InChI=1S/C12H12Cl2N4O4/c13-8-2-1-3-9(14)11(8)16-12-15-5-6-17(12)10(19)4-7-22-18(20)21/h1-3H,4-7H2,(H,15,16). The van der Waals surface area contributed by atoms with Crippen molar-refractivity contribution in [2.75, 3.05) is 25.0 Å². The molecule has 8 nitrogen and oxygen atoms in total. The molecule has 1 heterocycles. The Hall–Kier alpha value is -2.06. The zero-order valence-electron chi connectivity index (χ0n) is 11.3. The zero-order chi connectivity index (χ0) is 16.1. The van der Waals surface area contributed by atoms with Gasteiger partial charge in [-0.1, -0.05) is 29.3 Å². The maximum Gasteiger partial charge on any atom is 0.294 e. The Bertz CT molecular complexity index is 603. The molecule has 0 radical (unpaired) electrons. The van der Waals surface area contributed by atoms with Gasteiger partial charge in [0.2, 0.25) is 11.9 Å². The smallest absolute Gasteiger partial charge is 0.294 e. The summed E-state index contributed by atoms with van der Waals surface area (Å²) in [5.41, 5.74) is 0.450. The van der Waals surface area contributed by atoms with Crippen LogP contribution in [0.1, 0.15) is 6.42 Å². The van der Waals surface area contributed by atoms with Crippen molar-refractivity contribution in [1.82, 2.24) is 4.90 Å². The minimum absolute atomic E-state index is 0.127. The number of rotatable bonds is 5. The molecule has 0 unspecified atom stereocenters. The van der Waals surface area contributed by atoms with Crippen molar-refractivity contribution in [2.45, 2.75) is 6.42 Å². The summed E-state index contributed by atoms with van der Waals surface area (Å²) < 4.78 is 0. The normalized spacial score (nSPS) is 13.7. The molecule has 1 aromatic rings. The minimum Gasteiger partial charge on any atom is -0.323 e. The fraction of sp³-hybridized carbons (Fsp3) is 0.333. The van der Waals surface area contributed by atoms with Crippen LogP contribution < -0.4 is 5.32 Å². The molecule has 1 aliphatic rings. The fourth-order valence-corrected chi connectivity index (χ4v) is 2.36. The molecule has 0 saturated carbocycles. The number of anilines is 1. The van der Waals surface area contributed by atoms with Crippen LogP contribution in [0, 0.1) is 10.1 Å². The lowest BCUT2D eigenvalue weighted by Crippen LogP contribution is -2.39. The molecule has 0 spiro atoms. The molecule has 118 valence electrons. The number of hydrogen-bond donors (Lipinski definition) is 1. The number of hydrogen-bond acceptors (Lipinski definition) is 6. The molecule has 0 fully saturated rings. The van der Waals surface area contributed by atoms with Gasteiger partial charge >= 0.3 is 0 Å². The first-order valence-corrected chi connectivity index (χ1v) is 7.08. The predicted molar refractivity (Wildman–Crippen MR) is 81.7 cm³/mol. The van der Waals surface area contributed by atoms with Gasteiger partial charge in [-0.2, -0.15) is 0 Å². The van der Waals surface area contributed by atoms with Crippen molar-refractivity contribution in [2.24, 2.45) is 4.99 Å². The van der Waals surface area contributed by atoms with Crippen LogP contribution in [0.15, 0.2) is 23.2 Å². The van der Waals surface area contributed by atoms with Crippen molar-refractivity contribution in [3.8, 4) is 0 Å². The quantitative estimate of drug-likeness (QED) is 0.651. The van der Waals surface area contributed by atoms with Crippen molar-refractivity contribution in [3.63, 3.8) is 0 Å². The fourth-order valence-electron chi connectivity index (χ4n) is 1.87. The van der Waals surface area contributed by atoms with E-state index in [2.05, 4.69) is 15.1 Å². The highest BCUT2D eigenvalue weighted by Gasteiger charge is 2.24. The Labute approximate surface area is 135 Å². The lowest BCUT2D eigenvalue weighted by atomic mass is 10.3. The second kappa shape index (κ2) is 7.28. The molecule has 0 atom stereocenters. The zero-order valence-corrected chi connectivity index (χ0v) is 12.8. The largest absolute Gasteiger partial charge is 0.323 e. The number of carbonyl (C=O) groups is 1. The number of para-hydroxylation sites is 1. The van der Waals surface area contributed by atoms with E-state index < -0.39 is 5.09 Å². The van der Waals surface area contributed by atoms with E-state index in [0.29, 0.717) is 34.8 Å². The number of halogens is 2. The number of amides is 1. The Balaban J connectivity index is 2.01. The molecule has 0 bridgehead atoms. The topological polar surface area (TPSA) is 97.1 Å². The van der Waals surface area contributed by atoms with Gasteiger partial charge in [-0.25, -0.2) is 0 Å². The highest BCUT2D eigenvalue weighted by molar-refractivity contribution is 6.39. The third-order valence-electron chi connectivity index (χ3n) is 2.85. The van der Waals surface area contributed by atoms with Crippen molar-refractivity contribution in [3.05, 3.63) is 38.4 Å². The number of carbonyl (C=O) groups excluding carboxylic acids is 1. The molecule has 1 aliphatic heterocycles. The Morgan fingerprint density at radius 2 is 2.14 bits per heavy atom. The SMILES string of the molecule is O=C(CCO[N+](=O)[O-])N1CCN=C1Nc1c(Cl)cccc1Cl. The monoisotopic (exact) mass is 346 g/mol. The van der Waals surface area contributed by atoms with Gasteiger partial charge in [-0.05, 0) is 12.1 Å². The Morgan fingerprint density at radius 1 is 1.45 bits per heavy atom. The van der Waals surface area contributed by atoms with Gasteiger partial charge in [0.25, 0.3) is 5.09 Å². The highest BCUT2D eigenvalue weighted by atomic mass is 35.5. The number of benzene rings is 1. The van der Waals surface area contributed by atoms with Gasteiger partial charge < -0.3 is 10.2 Å². The summed E-state index contributed by atoms with van der Waals surface area (Å²) in [7, 11) is 0. The summed E-state index contributed by atoms with van der Waals surface area (Å²) in [6.07, 6.45) is -0.127. The second-order valence-corrected chi connectivity index (χ2v) is 5.09. The summed E-state index contributed by atoms with van der Waals surface area (Å²) in [6, 6.07) is 5.01. The van der Waals surface area contributed by atoms with Crippen LogP contribution in [0.5, 0.6) is 0 Å². The Kier molecular flexibility index (Phi) is 5.40.